The van der Waals surface area contributed by atoms with E-state index in [0.29, 0.717) is 23.0 Å². The molecule has 0 atom stereocenters. The lowest BCUT2D eigenvalue weighted by Gasteiger charge is -2.07. The molecular weight excluding hydrogens is 278 g/mol. The third kappa shape index (κ3) is 5.96. The summed E-state index contributed by atoms with van der Waals surface area (Å²) < 4.78 is 5.14. The van der Waals surface area contributed by atoms with Crippen molar-refractivity contribution in [1.82, 2.24) is 10.7 Å². The first-order valence-corrected chi connectivity index (χ1v) is 6.15. The van der Waals surface area contributed by atoms with E-state index in [1.807, 2.05) is 0 Å². The zero-order valence-electron chi connectivity index (χ0n) is 10.7. The monoisotopic (exact) mass is 293 g/mol. The molecule has 0 radical (unpaired) electrons. The van der Waals surface area contributed by atoms with Crippen molar-refractivity contribution < 1.29 is 14.6 Å². The van der Waals surface area contributed by atoms with Crippen molar-refractivity contribution in [3.8, 4) is 5.75 Å². The Balaban J connectivity index is 2.60. The van der Waals surface area contributed by atoms with Gasteiger partial charge in [-0.1, -0.05) is 18.2 Å². The van der Waals surface area contributed by atoms with Gasteiger partial charge in [0.05, 0.1) is 6.21 Å². The predicted molar refractivity (Wildman–Crippen MR) is 81.1 cm³/mol. The van der Waals surface area contributed by atoms with Crippen molar-refractivity contribution in [2.45, 2.75) is 0 Å². The Morgan fingerprint density at radius 2 is 2.25 bits per heavy atom. The van der Waals surface area contributed by atoms with Crippen molar-refractivity contribution in [3.05, 3.63) is 42.5 Å². The van der Waals surface area contributed by atoms with Gasteiger partial charge in [0.25, 0.3) is 0 Å². The van der Waals surface area contributed by atoms with Crippen LogP contribution in [0.5, 0.6) is 5.75 Å². The summed E-state index contributed by atoms with van der Waals surface area (Å²) in [5, 5.41) is 15.8. The average molecular weight is 293 g/mol. The molecule has 1 rings (SSSR count). The Labute approximate surface area is 122 Å². The maximum atomic E-state index is 10.5. The fraction of sp³-hybridized carbons (Fsp3) is 0.154. The lowest BCUT2D eigenvalue weighted by molar-refractivity contribution is -0.139. The summed E-state index contributed by atoms with van der Waals surface area (Å²) >= 11 is 4.96. The summed E-state index contributed by atoms with van der Waals surface area (Å²) in [6.07, 6.45) is 3.17. The second-order valence-electron chi connectivity index (χ2n) is 3.59. The van der Waals surface area contributed by atoms with E-state index in [9.17, 15) is 4.79 Å². The third-order valence-electron chi connectivity index (χ3n) is 2.05. The van der Waals surface area contributed by atoms with E-state index in [0.717, 1.165) is 0 Å². The number of hydrogen-bond donors (Lipinski definition) is 3. The highest BCUT2D eigenvalue weighted by Crippen LogP contribution is 2.15. The summed E-state index contributed by atoms with van der Waals surface area (Å²) in [5.74, 6) is -0.602. The molecule has 3 N–H and O–H groups in total. The zero-order chi connectivity index (χ0) is 14.8. The number of hydrogen-bond acceptors (Lipinski definition) is 4. The number of nitrogens with zero attached hydrogens (tertiary/aromatic N) is 1. The number of para-hydroxylation sites is 1. The SMILES string of the molecule is C=CCNC(=S)NN=Cc1ccccc1OCC(=O)O. The molecule has 0 bridgehead atoms. The zero-order valence-corrected chi connectivity index (χ0v) is 11.5. The van der Waals surface area contributed by atoms with Crippen LogP contribution in [0, 0.1) is 0 Å². The van der Waals surface area contributed by atoms with Gasteiger partial charge in [-0.05, 0) is 24.4 Å². The molecule has 0 aliphatic heterocycles. The van der Waals surface area contributed by atoms with Crippen LogP contribution in [0.15, 0.2) is 42.0 Å². The van der Waals surface area contributed by atoms with Crippen molar-refractivity contribution >= 4 is 29.5 Å². The second kappa shape index (κ2) is 8.65. The van der Waals surface area contributed by atoms with Gasteiger partial charge in [0, 0.05) is 12.1 Å². The Morgan fingerprint density at radius 1 is 1.50 bits per heavy atom. The number of hydrazone groups is 1. The minimum Gasteiger partial charge on any atom is -0.481 e. The number of aliphatic carboxylic acids is 1. The highest BCUT2D eigenvalue weighted by atomic mass is 32.1. The van der Waals surface area contributed by atoms with Gasteiger partial charge < -0.3 is 15.2 Å². The third-order valence-corrected chi connectivity index (χ3v) is 2.28. The molecule has 0 heterocycles. The van der Waals surface area contributed by atoms with Gasteiger partial charge in [-0.3, -0.25) is 5.43 Å². The molecule has 0 aliphatic carbocycles. The van der Waals surface area contributed by atoms with Crippen LogP contribution in [0.3, 0.4) is 0 Å². The summed E-state index contributed by atoms with van der Waals surface area (Å²) in [4.78, 5) is 10.5. The van der Waals surface area contributed by atoms with Crippen LogP contribution in [0.25, 0.3) is 0 Å². The molecular formula is C13H15N3O3S. The van der Waals surface area contributed by atoms with E-state index in [1.165, 1.54) is 6.21 Å². The van der Waals surface area contributed by atoms with Crippen LogP contribution in [0.4, 0.5) is 0 Å². The van der Waals surface area contributed by atoms with Crippen LogP contribution < -0.4 is 15.5 Å². The van der Waals surface area contributed by atoms with E-state index >= 15 is 0 Å². The average Bonchev–Trinajstić information content (AvgIpc) is 2.44. The lowest BCUT2D eigenvalue weighted by Crippen LogP contribution is -2.31. The molecule has 1 aromatic rings. The van der Waals surface area contributed by atoms with Crippen molar-refractivity contribution in [3.63, 3.8) is 0 Å². The Hall–Kier alpha value is -2.41. The number of thiocarbonyl (C=S) groups is 1. The van der Waals surface area contributed by atoms with E-state index < -0.39 is 12.6 Å². The molecule has 20 heavy (non-hydrogen) atoms. The van der Waals surface area contributed by atoms with Gasteiger partial charge in [0.15, 0.2) is 11.7 Å². The Morgan fingerprint density at radius 3 is 2.95 bits per heavy atom. The minimum absolute atomic E-state index is 0.366. The summed E-state index contributed by atoms with van der Waals surface area (Å²) in [7, 11) is 0. The molecule has 0 fully saturated rings. The number of carbonyl (C=O) groups is 1. The maximum Gasteiger partial charge on any atom is 0.341 e. The topological polar surface area (TPSA) is 83.0 Å². The van der Waals surface area contributed by atoms with E-state index in [4.69, 9.17) is 22.1 Å². The summed E-state index contributed by atoms with van der Waals surface area (Å²) in [5.41, 5.74) is 3.27. The fourth-order valence-corrected chi connectivity index (χ4v) is 1.36. The van der Waals surface area contributed by atoms with Gasteiger partial charge >= 0.3 is 5.97 Å². The maximum absolute atomic E-state index is 10.5. The standard InChI is InChI=1S/C13H15N3O3S/c1-2-7-14-13(20)16-15-8-10-5-3-4-6-11(10)19-9-12(17)18/h2-6,8H,1,7,9H2,(H,17,18)(H2,14,16,20). The minimum atomic E-state index is -1.04. The normalized spacial score (nSPS) is 10.0. The number of nitrogens with one attached hydrogen (secondary N) is 2. The summed E-state index contributed by atoms with van der Waals surface area (Å²) in [6, 6.07) is 6.96. The lowest BCUT2D eigenvalue weighted by atomic mass is 10.2. The number of benzene rings is 1. The quantitative estimate of drug-likeness (QED) is 0.303. The first-order valence-electron chi connectivity index (χ1n) is 5.75. The molecule has 0 amide bonds. The first-order chi connectivity index (χ1) is 9.63. The molecule has 6 nitrogen and oxygen atoms in total. The van der Waals surface area contributed by atoms with Crippen LogP contribution in [0.2, 0.25) is 0 Å². The number of rotatable bonds is 7. The first kappa shape index (κ1) is 15.6. The molecule has 1 aromatic carbocycles. The van der Waals surface area contributed by atoms with Gasteiger partial charge in [-0.25, -0.2) is 4.79 Å². The second-order valence-corrected chi connectivity index (χ2v) is 4.00. The van der Waals surface area contributed by atoms with Gasteiger partial charge in [0.2, 0.25) is 0 Å². The van der Waals surface area contributed by atoms with Crippen LogP contribution in [-0.2, 0) is 4.79 Å². The van der Waals surface area contributed by atoms with Gasteiger partial charge in [-0.2, -0.15) is 5.10 Å². The van der Waals surface area contributed by atoms with Gasteiger partial charge in [-0.15, -0.1) is 6.58 Å². The molecule has 0 aromatic heterocycles. The molecule has 0 unspecified atom stereocenters. The predicted octanol–water partition coefficient (Wildman–Crippen LogP) is 1.13. The summed E-state index contributed by atoms with van der Waals surface area (Å²) in [6.45, 7) is 3.69. The molecule has 0 saturated heterocycles. The van der Waals surface area contributed by atoms with Crippen molar-refractivity contribution in [1.29, 1.82) is 0 Å². The van der Waals surface area contributed by atoms with Crippen LogP contribution in [-0.4, -0.2) is 35.6 Å². The number of carboxylic acid groups (broad SMARTS) is 1. The van der Waals surface area contributed by atoms with Crippen LogP contribution in [0.1, 0.15) is 5.56 Å². The van der Waals surface area contributed by atoms with Crippen molar-refractivity contribution in [2.75, 3.05) is 13.2 Å². The highest BCUT2D eigenvalue weighted by molar-refractivity contribution is 7.80. The molecule has 106 valence electrons. The van der Waals surface area contributed by atoms with Crippen molar-refractivity contribution in [2.24, 2.45) is 5.10 Å². The fourth-order valence-electron chi connectivity index (χ4n) is 1.22. The molecule has 0 spiro atoms. The largest absolute Gasteiger partial charge is 0.481 e. The Kier molecular flexibility index (Phi) is 6.77. The molecule has 0 aliphatic rings. The molecule has 7 heteroatoms. The van der Waals surface area contributed by atoms with E-state index in [2.05, 4.69) is 22.4 Å². The Bertz CT molecular complexity index is 517. The van der Waals surface area contributed by atoms with Crippen LogP contribution >= 0.6 is 12.2 Å². The smallest absolute Gasteiger partial charge is 0.341 e. The van der Waals surface area contributed by atoms with E-state index in [1.54, 1.807) is 30.3 Å². The van der Waals surface area contributed by atoms with E-state index in [-0.39, 0.29) is 0 Å². The number of ether oxygens (including phenoxy) is 1. The highest BCUT2D eigenvalue weighted by Gasteiger charge is 2.03. The number of carboxylic acids is 1. The van der Waals surface area contributed by atoms with Gasteiger partial charge in [0.1, 0.15) is 5.75 Å². The molecule has 0 saturated carbocycles.